The maximum Gasteiger partial charge on any atom is 0.415 e. The normalized spacial score (nSPS) is 14.4. The molecule has 1 heterocycles. The number of imidazole rings is 1. The molecule has 1 atom stereocenters. The molecular formula is C9H14F3N3O. The first kappa shape index (κ1) is 13.0. The number of nitrogens with zero attached hydrogens (tertiary/aromatic N) is 3. The zero-order valence-corrected chi connectivity index (χ0v) is 9.07. The molecule has 0 aliphatic carbocycles. The van der Waals surface area contributed by atoms with Crippen LogP contribution in [0.4, 0.5) is 13.2 Å². The lowest BCUT2D eigenvalue weighted by Gasteiger charge is -2.21. The molecule has 1 unspecified atom stereocenters. The van der Waals surface area contributed by atoms with Crippen molar-refractivity contribution in [3.05, 3.63) is 18.2 Å². The molecule has 0 aliphatic heterocycles. The number of likely N-dealkylation sites (N-methyl/N-ethyl adjacent to an activating group) is 1. The second-order valence-corrected chi connectivity index (χ2v) is 3.71. The fourth-order valence-electron chi connectivity index (χ4n) is 1.25. The number of aliphatic hydroxyl groups excluding tert-OH is 1. The summed E-state index contributed by atoms with van der Waals surface area (Å²) in [7, 11) is 3.26. The molecule has 0 aromatic carbocycles. The largest absolute Gasteiger partial charge is 0.415 e. The number of rotatable bonds is 4. The van der Waals surface area contributed by atoms with Gasteiger partial charge in [-0.25, -0.2) is 4.98 Å². The monoisotopic (exact) mass is 237 g/mol. The van der Waals surface area contributed by atoms with Crippen molar-refractivity contribution in [2.24, 2.45) is 7.05 Å². The zero-order chi connectivity index (χ0) is 12.3. The van der Waals surface area contributed by atoms with Crippen molar-refractivity contribution in [1.82, 2.24) is 14.5 Å². The van der Waals surface area contributed by atoms with Crippen LogP contribution in [-0.2, 0) is 13.6 Å². The van der Waals surface area contributed by atoms with E-state index in [2.05, 4.69) is 4.98 Å². The Morgan fingerprint density at radius 3 is 2.62 bits per heavy atom. The summed E-state index contributed by atoms with van der Waals surface area (Å²) in [5, 5.41) is 8.86. The SMILES string of the molecule is CN(Cc1nccn1C)CC(O)C(F)(F)F. The van der Waals surface area contributed by atoms with Gasteiger partial charge >= 0.3 is 6.18 Å². The van der Waals surface area contributed by atoms with Crippen LogP contribution in [0.1, 0.15) is 5.82 Å². The summed E-state index contributed by atoms with van der Waals surface area (Å²) in [6, 6.07) is 0. The van der Waals surface area contributed by atoms with Gasteiger partial charge in [0, 0.05) is 26.0 Å². The minimum Gasteiger partial charge on any atom is -0.382 e. The lowest BCUT2D eigenvalue weighted by molar-refractivity contribution is -0.207. The fraction of sp³-hybridized carbons (Fsp3) is 0.667. The number of halogens is 3. The molecule has 16 heavy (non-hydrogen) atoms. The summed E-state index contributed by atoms with van der Waals surface area (Å²) >= 11 is 0. The first-order valence-electron chi connectivity index (χ1n) is 4.70. The molecule has 1 N–H and O–H groups in total. The highest BCUT2D eigenvalue weighted by atomic mass is 19.4. The molecule has 1 aromatic heterocycles. The maximum atomic E-state index is 12.1. The van der Waals surface area contributed by atoms with Crippen LogP contribution in [0.2, 0.25) is 0 Å². The van der Waals surface area contributed by atoms with Crippen molar-refractivity contribution in [3.63, 3.8) is 0 Å². The van der Waals surface area contributed by atoms with Gasteiger partial charge in [-0.3, -0.25) is 4.90 Å². The van der Waals surface area contributed by atoms with E-state index in [0.29, 0.717) is 5.82 Å². The average molecular weight is 237 g/mol. The van der Waals surface area contributed by atoms with Gasteiger partial charge in [-0.05, 0) is 7.05 Å². The van der Waals surface area contributed by atoms with Crippen LogP contribution in [0.5, 0.6) is 0 Å². The molecule has 1 aromatic rings. The van der Waals surface area contributed by atoms with Crippen molar-refractivity contribution >= 4 is 0 Å². The second kappa shape index (κ2) is 4.84. The Hall–Kier alpha value is -1.08. The summed E-state index contributed by atoms with van der Waals surface area (Å²) in [6.07, 6.45) is -3.61. The van der Waals surface area contributed by atoms with E-state index in [0.717, 1.165) is 0 Å². The van der Waals surface area contributed by atoms with Gasteiger partial charge in [0.05, 0.1) is 6.54 Å². The Morgan fingerprint density at radius 1 is 1.56 bits per heavy atom. The standard InChI is InChI=1S/C9H14F3N3O/c1-14(5-7(16)9(10,11)12)6-8-13-3-4-15(8)2/h3-4,7,16H,5-6H2,1-2H3. The fourth-order valence-corrected chi connectivity index (χ4v) is 1.25. The van der Waals surface area contributed by atoms with Crippen LogP contribution < -0.4 is 0 Å². The molecule has 1 rings (SSSR count). The molecule has 0 saturated carbocycles. The van der Waals surface area contributed by atoms with Crippen LogP contribution >= 0.6 is 0 Å². The van der Waals surface area contributed by atoms with E-state index in [-0.39, 0.29) is 6.54 Å². The van der Waals surface area contributed by atoms with Gasteiger partial charge < -0.3 is 9.67 Å². The summed E-state index contributed by atoms with van der Waals surface area (Å²) in [6.45, 7) is -0.201. The average Bonchev–Trinajstić information content (AvgIpc) is 2.50. The molecule has 0 radical (unpaired) electrons. The van der Waals surface area contributed by atoms with Crippen molar-refractivity contribution in [3.8, 4) is 0 Å². The smallest absolute Gasteiger partial charge is 0.382 e. The first-order chi connectivity index (χ1) is 7.30. The van der Waals surface area contributed by atoms with Crippen LogP contribution in [0.3, 0.4) is 0 Å². The number of alkyl halides is 3. The van der Waals surface area contributed by atoms with E-state index in [1.165, 1.54) is 11.9 Å². The van der Waals surface area contributed by atoms with E-state index in [1.54, 1.807) is 24.0 Å². The van der Waals surface area contributed by atoms with Crippen molar-refractivity contribution in [2.75, 3.05) is 13.6 Å². The third-order valence-corrected chi connectivity index (χ3v) is 2.19. The van der Waals surface area contributed by atoms with Gasteiger partial charge in [0.2, 0.25) is 0 Å². The molecule has 7 heteroatoms. The highest BCUT2D eigenvalue weighted by Crippen LogP contribution is 2.20. The van der Waals surface area contributed by atoms with Crippen LogP contribution in [0.25, 0.3) is 0 Å². The zero-order valence-electron chi connectivity index (χ0n) is 9.07. The van der Waals surface area contributed by atoms with E-state index in [9.17, 15) is 13.2 Å². The van der Waals surface area contributed by atoms with Gasteiger partial charge in [0.15, 0.2) is 6.10 Å². The van der Waals surface area contributed by atoms with Crippen molar-refractivity contribution in [1.29, 1.82) is 0 Å². The van der Waals surface area contributed by atoms with E-state index in [1.807, 2.05) is 0 Å². The number of aromatic nitrogens is 2. The summed E-state index contributed by atoms with van der Waals surface area (Å²) in [5.41, 5.74) is 0. The van der Waals surface area contributed by atoms with Crippen molar-refractivity contribution < 1.29 is 18.3 Å². The third-order valence-electron chi connectivity index (χ3n) is 2.19. The van der Waals surface area contributed by atoms with Crippen LogP contribution in [-0.4, -0.2) is 45.4 Å². The number of aryl methyl sites for hydroxylation is 1. The number of hydrogen-bond donors (Lipinski definition) is 1. The molecule has 92 valence electrons. The van der Waals surface area contributed by atoms with E-state index >= 15 is 0 Å². The predicted octanol–water partition coefficient (Wildman–Crippen LogP) is 0.775. The highest BCUT2D eigenvalue weighted by molar-refractivity contribution is 4.90. The lowest BCUT2D eigenvalue weighted by atomic mass is 10.3. The Kier molecular flexibility index (Phi) is 3.93. The maximum absolute atomic E-state index is 12.1. The minimum absolute atomic E-state index is 0.261. The number of hydrogen-bond acceptors (Lipinski definition) is 3. The van der Waals surface area contributed by atoms with Gasteiger partial charge in [-0.2, -0.15) is 13.2 Å². The van der Waals surface area contributed by atoms with E-state index in [4.69, 9.17) is 5.11 Å². The molecule has 0 amide bonds. The summed E-state index contributed by atoms with van der Waals surface area (Å²) < 4.78 is 37.9. The molecule has 0 bridgehead atoms. The Bertz CT molecular complexity index is 337. The molecular weight excluding hydrogens is 223 g/mol. The third kappa shape index (κ3) is 3.49. The molecule has 0 saturated heterocycles. The topological polar surface area (TPSA) is 41.3 Å². The van der Waals surface area contributed by atoms with Gasteiger partial charge in [0.25, 0.3) is 0 Å². The lowest BCUT2D eigenvalue weighted by Crippen LogP contribution is -2.39. The minimum atomic E-state index is -4.57. The van der Waals surface area contributed by atoms with Crippen LogP contribution in [0, 0.1) is 0 Å². The Balaban J connectivity index is 2.48. The van der Waals surface area contributed by atoms with Gasteiger partial charge in [-0.15, -0.1) is 0 Å². The molecule has 0 fully saturated rings. The van der Waals surface area contributed by atoms with Gasteiger partial charge in [0.1, 0.15) is 5.82 Å². The second-order valence-electron chi connectivity index (χ2n) is 3.71. The van der Waals surface area contributed by atoms with Crippen molar-refractivity contribution in [2.45, 2.75) is 18.8 Å². The Morgan fingerprint density at radius 2 is 2.19 bits per heavy atom. The van der Waals surface area contributed by atoms with E-state index < -0.39 is 18.8 Å². The number of aliphatic hydroxyl groups is 1. The first-order valence-corrected chi connectivity index (χ1v) is 4.70. The summed E-state index contributed by atoms with van der Waals surface area (Å²) in [5.74, 6) is 0.650. The Labute approximate surface area is 91.3 Å². The quantitative estimate of drug-likeness (QED) is 0.841. The molecule has 0 spiro atoms. The predicted molar refractivity (Wildman–Crippen MR) is 51.6 cm³/mol. The van der Waals surface area contributed by atoms with Gasteiger partial charge in [-0.1, -0.05) is 0 Å². The van der Waals surface area contributed by atoms with Crippen LogP contribution in [0.15, 0.2) is 12.4 Å². The highest BCUT2D eigenvalue weighted by Gasteiger charge is 2.38. The molecule has 0 aliphatic rings. The molecule has 4 nitrogen and oxygen atoms in total. The summed E-state index contributed by atoms with van der Waals surface area (Å²) in [4.78, 5) is 5.36.